The van der Waals surface area contributed by atoms with E-state index in [1.165, 1.54) is 38.5 Å². The molecule has 0 unspecified atom stereocenters. The van der Waals surface area contributed by atoms with Crippen LogP contribution in [0.4, 0.5) is 0 Å². The minimum Gasteiger partial charge on any atom is -0.155 e. The molecule has 0 amide bonds. The minimum atomic E-state index is 1.01. The Labute approximate surface area is 85.6 Å². The fourth-order valence-corrected chi connectivity index (χ4v) is 1.97. The highest BCUT2D eigenvalue weighted by atomic mass is 17.3. The fraction of sp³-hybridized carbons (Fsp3) is 1.00. The second-order valence-electron chi connectivity index (χ2n) is 4.13. The molecule has 2 saturated heterocycles. The summed E-state index contributed by atoms with van der Waals surface area (Å²) in [6.07, 6.45) is 7.55. The summed E-state index contributed by atoms with van der Waals surface area (Å²) in [6, 6.07) is 0. The molecule has 0 saturated carbocycles. The van der Waals surface area contributed by atoms with Gasteiger partial charge in [-0.1, -0.05) is 12.8 Å². The third-order valence-corrected chi connectivity index (χ3v) is 2.87. The Hall–Kier alpha value is -0.160. The monoisotopic (exact) mass is 200 g/mol. The number of nitrogens with zero attached hydrogens (tertiary/aromatic N) is 2. The van der Waals surface area contributed by atoms with Gasteiger partial charge >= 0.3 is 0 Å². The van der Waals surface area contributed by atoms with E-state index in [0.717, 1.165) is 26.2 Å². The van der Waals surface area contributed by atoms with Crippen LogP contribution < -0.4 is 0 Å². The van der Waals surface area contributed by atoms with Gasteiger partial charge in [-0.05, 0) is 25.7 Å². The van der Waals surface area contributed by atoms with Gasteiger partial charge in [0, 0.05) is 26.2 Å². The normalized spacial score (nSPS) is 26.6. The van der Waals surface area contributed by atoms with Gasteiger partial charge in [0.15, 0.2) is 0 Å². The van der Waals surface area contributed by atoms with Crippen LogP contribution in [-0.2, 0) is 9.98 Å². The molecule has 0 spiro atoms. The zero-order chi connectivity index (χ0) is 9.64. The summed E-state index contributed by atoms with van der Waals surface area (Å²) < 4.78 is 0. The van der Waals surface area contributed by atoms with Crippen molar-refractivity contribution in [1.29, 1.82) is 0 Å². The van der Waals surface area contributed by atoms with Gasteiger partial charge in [-0.2, -0.15) is 10.1 Å². The summed E-state index contributed by atoms with van der Waals surface area (Å²) in [7, 11) is 0. The van der Waals surface area contributed by atoms with Crippen molar-refractivity contribution in [1.82, 2.24) is 10.1 Å². The highest BCUT2D eigenvalue weighted by Crippen LogP contribution is 2.12. The largest absolute Gasteiger partial charge is 0.155 e. The van der Waals surface area contributed by atoms with Crippen molar-refractivity contribution in [3.05, 3.63) is 0 Å². The third-order valence-electron chi connectivity index (χ3n) is 2.87. The number of hydroxylamine groups is 4. The van der Waals surface area contributed by atoms with E-state index >= 15 is 0 Å². The average Bonchev–Trinajstić information content (AvgIpc) is 2.29. The second-order valence-corrected chi connectivity index (χ2v) is 4.13. The van der Waals surface area contributed by atoms with Gasteiger partial charge in [0.1, 0.15) is 0 Å². The summed E-state index contributed by atoms with van der Waals surface area (Å²) in [5, 5.41) is 3.86. The molecule has 2 aliphatic rings. The second kappa shape index (κ2) is 5.66. The van der Waals surface area contributed by atoms with E-state index in [-0.39, 0.29) is 0 Å². The first-order valence-electron chi connectivity index (χ1n) is 5.80. The predicted octanol–water partition coefficient (Wildman–Crippen LogP) is 1.74. The van der Waals surface area contributed by atoms with Gasteiger partial charge in [-0.15, -0.1) is 9.98 Å². The molecule has 0 bridgehead atoms. The van der Waals surface area contributed by atoms with Gasteiger partial charge in [-0.25, -0.2) is 0 Å². The number of hydrogen-bond donors (Lipinski definition) is 0. The standard InChI is InChI=1S/C10H20N2O2/c1-3-7-11(8-4-1)13-14-12-9-5-2-6-10-12/h1-10H2. The molecular weight excluding hydrogens is 180 g/mol. The van der Waals surface area contributed by atoms with Gasteiger partial charge in [0.2, 0.25) is 0 Å². The Morgan fingerprint density at radius 2 is 0.857 bits per heavy atom. The molecule has 0 aromatic carbocycles. The van der Waals surface area contributed by atoms with Crippen LogP contribution in [0, 0.1) is 0 Å². The molecule has 2 heterocycles. The molecular formula is C10H20N2O2. The Bertz CT molecular complexity index is 136. The summed E-state index contributed by atoms with van der Waals surface area (Å²) in [4.78, 5) is 10.6. The van der Waals surface area contributed by atoms with E-state index in [4.69, 9.17) is 9.98 Å². The molecule has 0 aromatic rings. The van der Waals surface area contributed by atoms with E-state index in [2.05, 4.69) is 0 Å². The lowest BCUT2D eigenvalue weighted by Crippen LogP contribution is -2.36. The molecule has 0 N–H and O–H groups in total. The highest BCUT2D eigenvalue weighted by Gasteiger charge is 2.15. The van der Waals surface area contributed by atoms with Gasteiger partial charge in [0.25, 0.3) is 0 Å². The van der Waals surface area contributed by atoms with E-state index in [1.807, 2.05) is 10.1 Å². The lowest BCUT2D eigenvalue weighted by Gasteiger charge is -2.28. The molecule has 82 valence electrons. The summed E-state index contributed by atoms with van der Waals surface area (Å²) in [5.74, 6) is 0. The van der Waals surface area contributed by atoms with E-state index in [0.29, 0.717) is 0 Å². The molecule has 0 radical (unpaired) electrons. The van der Waals surface area contributed by atoms with E-state index in [1.54, 1.807) is 0 Å². The predicted molar refractivity (Wildman–Crippen MR) is 53.0 cm³/mol. The van der Waals surface area contributed by atoms with Crippen molar-refractivity contribution in [3.8, 4) is 0 Å². The number of piperidine rings is 2. The minimum absolute atomic E-state index is 1.01. The van der Waals surface area contributed by atoms with E-state index in [9.17, 15) is 0 Å². The molecule has 2 aliphatic heterocycles. The zero-order valence-electron chi connectivity index (χ0n) is 8.78. The summed E-state index contributed by atoms with van der Waals surface area (Å²) in [6.45, 7) is 4.03. The van der Waals surface area contributed by atoms with Crippen LogP contribution in [0.15, 0.2) is 0 Å². The van der Waals surface area contributed by atoms with Crippen LogP contribution in [0.5, 0.6) is 0 Å². The first-order valence-corrected chi connectivity index (χ1v) is 5.80. The number of rotatable bonds is 3. The van der Waals surface area contributed by atoms with Gasteiger partial charge in [0.05, 0.1) is 0 Å². The molecule has 4 heteroatoms. The van der Waals surface area contributed by atoms with Gasteiger partial charge in [-0.3, -0.25) is 0 Å². The van der Waals surface area contributed by atoms with Crippen LogP contribution in [-0.4, -0.2) is 36.3 Å². The summed E-state index contributed by atoms with van der Waals surface area (Å²) >= 11 is 0. The van der Waals surface area contributed by atoms with Crippen LogP contribution >= 0.6 is 0 Å². The lowest BCUT2D eigenvalue weighted by molar-refractivity contribution is -0.518. The molecule has 0 aromatic heterocycles. The van der Waals surface area contributed by atoms with Crippen LogP contribution in [0.25, 0.3) is 0 Å². The molecule has 14 heavy (non-hydrogen) atoms. The molecule has 0 atom stereocenters. The smallest absolute Gasteiger partial charge is 0.0271 e. The van der Waals surface area contributed by atoms with Crippen molar-refractivity contribution >= 4 is 0 Å². The molecule has 4 nitrogen and oxygen atoms in total. The number of hydrogen-bond acceptors (Lipinski definition) is 4. The fourth-order valence-electron chi connectivity index (χ4n) is 1.97. The van der Waals surface area contributed by atoms with Crippen LogP contribution in [0.2, 0.25) is 0 Å². The quantitative estimate of drug-likeness (QED) is 0.512. The van der Waals surface area contributed by atoms with Crippen molar-refractivity contribution in [2.75, 3.05) is 26.2 Å². The maximum Gasteiger partial charge on any atom is 0.0271 e. The first-order chi connectivity index (χ1) is 6.95. The third kappa shape index (κ3) is 3.20. The van der Waals surface area contributed by atoms with Gasteiger partial charge < -0.3 is 0 Å². The Kier molecular flexibility index (Phi) is 4.19. The topological polar surface area (TPSA) is 24.9 Å². The SMILES string of the molecule is C1CCN(OON2CCCCC2)CC1. The molecule has 2 fully saturated rings. The van der Waals surface area contributed by atoms with Crippen molar-refractivity contribution in [2.24, 2.45) is 0 Å². The van der Waals surface area contributed by atoms with E-state index < -0.39 is 0 Å². The Morgan fingerprint density at radius 3 is 1.21 bits per heavy atom. The molecule has 0 aliphatic carbocycles. The Morgan fingerprint density at radius 1 is 0.500 bits per heavy atom. The molecule has 2 rings (SSSR count). The Balaban J connectivity index is 1.60. The summed E-state index contributed by atoms with van der Waals surface area (Å²) in [5.41, 5.74) is 0. The maximum absolute atomic E-state index is 5.28. The average molecular weight is 200 g/mol. The maximum atomic E-state index is 5.28. The first kappa shape index (κ1) is 10.4. The van der Waals surface area contributed by atoms with Crippen molar-refractivity contribution < 1.29 is 9.98 Å². The van der Waals surface area contributed by atoms with Crippen molar-refractivity contribution in [3.63, 3.8) is 0 Å². The highest BCUT2D eigenvalue weighted by molar-refractivity contribution is 4.56. The zero-order valence-corrected chi connectivity index (χ0v) is 8.78. The van der Waals surface area contributed by atoms with Crippen LogP contribution in [0.1, 0.15) is 38.5 Å². The van der Waals surface area contributed by atoms with Crippen molar-refractivity contribution in [2.45, 2.75) is 38.5 Å². The lowest BCUT2D eigenvalue weighted by atomic mass is 10.2. The van der Waals surface area contributed by atoms with Crippen LogP contribution in [0.3, 0.4) is 0 Å².